The zero-order valence-corrected chi connectivity index (χ0v) is 9.60. The van der Waals surface area contributed by atoms with Crippen LogP contribution in [0.5, 0.6) is 5.75 Å². The Kier molecular flexibility index (Phi) is 3.64. The molecule has 1 atom stereocenters. The van der Waals surface area contributed by atoms with Crippen molar-refractivity contribution in [1.29, 1.82) is 0 Å². The highest BCUT2D eigenvalue weighted by molar-refractivity contribution is 5.73. The Labute approximate surface area is 100 Å². The van der Waals surface area contributed by atoms with Crippen molar-refractivity contribution >= 4 is 5.97 Å². The average molecular weight is 235 g/mol. The molecule has 0 unspecified atom stereocenters. The van der Waals surface area contributed by atoms with Crippen LogP contribution >= 0.6 is 0 Å². The Morgan fingerprint density at radius 2 is 2.00 bits per heavy atom. The molecule has 1 aromatic rings. The molecule has 3 N–H and O–H groups in total. The number of carboxylic acid groups (broad SMARTS) is 1. The van der Waals surface area contributed by atoms with E-state index in [1.165, 1.54) is 12.8 Å². The van der Waals surface area contributed by atoms with Gasteiger partial charge in [0.25, 0.3) is 0 Å². The Balaban J connectivity index is 1.91. The van der Waals surface area contributed by atoms with Crippen LogP contribution in [0.2, 0.25) is 0 Å². The van der Waals surface area contributed by atoms with E-state index in [9.17, 15) is 4.79 Å². The van der Waals surface area contributed by atoms with Gasteiger partial charge in [0.2, 0.25) is 0 Å². The quantitative estimate of drug-likeness (QED) is 0.697. The van der Waals surface area contributed by atoms with Gasteiger partial charge in [0.1, 0.15) is 11.8 Å². The minimum atomic E-state index is -0.821. The molecule has 17 heavy (non-hydrogen) atoms. The summed E-state index contributed by atoms with van der Waals surface area (Å²) in [6.45, 7) is 0.787. The van der Waals surface area contributed by atoms with Crippen LogP contribution in [0.15, 0.2) is 24.3 Å². The zero-order valence-electron chi connectivity index (χ0n) is 9.60. The number of aliphatic carboxylic acids is 1. The molecule has 1 aliphatic carbocycles. The smallest absolute Gasteiger partial charge is 0.321 e. The SMILES string of the molecule is O=C(O)[C@H](Cc1ccc(O)cc1)NCC1CC1. The summed E-state index contributed by atoms with van der Waals surface area (Å²) in [4.78, 5) is 11.1. The number of carboxylic acids is 1. The van der Waals surface area contributed by atoms with Crippen molar-refractivity contribution in [2.24, 2.45) is 5.92 Å². The molecule has 92 valence electrons. The first-order valence-electron chi connectivity index (χ1n) is 5.89. The molecule has 1 fully saturated rings. The summed E-state index contributed by atoms with van der Waals surface area (Å²) in [5.41, 5.74) is 0.915. The molecule has 0 aliphatic heterocycles. The summed E-state index contributed by atoms with van der Waals surface area (Å²) in [6.07, 6.45) is 2.86. The third-order valence-electron chi connectivity index (χ3n) is 3.02. The summed E-state index contributed by atoms with van der Waals surface area (Å²) in [5.74, 6) is 0.0435. The van der Waals surface area contributed by atoms with Crippen LogP contribution in [0, 0.1) is 5.92 Å². The van der Waals surface area contributed by atoms with Crippen LogP contribution < -0.4 is 5.32 Å². The van der Waals surface area contributed by atoms with Gasteiger partial charge in [-0.05, 0) is 49.4 Å². The maximum atomic E-state index is 11.1. The molecule has 0 aromatic heterocycles. The first kappa shape index (κ1) is 11.9. The first-order valence-corrected chi connectivity index (χ1v) is 5.89. The molecule has 0 heterocycles. The standard InChI is InChI=1S/C13H17NO3/c15-11-5-3-9(4-6-11)7-12(13(16)17)14-8-10-1-2-10/h3-6,10,12,14-15H,1-2,7-8H2,(H,16,17)/t12-/m0/s1. The van der Waals surface area contributed by atoms with Gasteiger partial charge in [0.15, 0.2) is 0 Å². The van der Waals surface area contributed by atoms with E-state index in [1.54, 1.807) is 24.3 Å². The third kappa shape index (κ3) is 3.75. The van der Waals surface area contributed by atoms with Crippen LogP contribution in [0.1, 0.15) is 18.4 Å². The minimum Gasteiger partial charge on any atom is -0.508 e. The highest BCUT2D eigenvalue weighted by atomic mass is 16.4. The molecule has 0 radical (unpaired) electrons. The number of nitrogens with one attached hydrogen (secondary N) is 1. The van der Waals surface area contributed by atoms with E-state index < -0.39 is 12.0 Å². The predicted molar refractivity (Wildman–Crippen MR) is 64.0 cm³/mol. The van der Waals surface area contributed by atoms with E-state index >= 15 is 0 Å². The monoisotopic (exact) mass is 235 g/mol. The molecule has 1 aromatic carbocycles. The van der Waals surface area contributed by atoms with Crippen LogP contribution in [0.4, 0.5) is 0 Å². The average Bonchev–Trinajstić information content (AvgIpc) is 3.10. The van der Waals surface area contributed by atoms with Gasteiger partial charge >= 0.3 is 5.97 Å². The van der Waals surface area contributed by atoms with Crippen LogP contribution in [-0.2, 0) is 11.2 Å². The van der Waals surface area contributed by atoms with Gasteiger partial charge in [-0.2, -0.15) is 0 Å². The van der Waals surface area contributed by atoms with E-state index in [0.29, 0.717) is 12.3 Å². The fourth-order valence-electron chi connectivity index (χ4n) is 1.75. The van der Waals surface area contributed by atoms with Gasteiger partial charge < -0.3 is 15.5 Å². The van der Waals surface area contributed by atoms with Gasteiger partial charge in [0.05, 0.1) is 0 Å². The molecular formula is C13H17NO3. The molecular weight excluding hydrogens is 218 g/mol. The molecule has 1 saturated carbocycles. The van der Waals surface area contributed by atoms with E-state index in [0.717, 1.165) is 12.1 Å². The Hall–Kier alpha value is -1.55. The number of rotatable bonds is 6. The van der Waals surface area contributed by atoms with Gasteiger partial charge in [-0.25, -0.2) is 0 Å². The fraction of sp³-hybridized carbons (Fsp3) is 0.462. The molecule has 0 bridgehead atoms. The van der Waals surface area contributed by atoms with Crippen molar-refractivity contribution in [2.75, 3.05) is 6.54 Å². The first-order chi connectivity index (χ1) is 8.15. The van der Waals surface area contributed by atoms with E-state index in [2.05, 4.69) is 5.32 Å². The number of carbonyl (C=O) groups is 1. The maximum Gasteiger partial charge on any atom is 0.321 e. The third-order valence-corrected chi connectivity index (χ3v) is 3.02. The fourth-order valence-corrected chi connectivity index (χ4v) is 1.75. The molecule has 2 rings (SSSR count). The van der Waals surface area contributed by atoms with Crippen LogP contribution in [0.3, 0.4) is 0 Å². The van der Waals surface area contributed by atoms with Crippen molar-refractivity contribution in [2.45, 2.75) is 25.3 Å². The Morgan fingerprint density at radius 3 is 2.53 bits per heavy atom. The number of aromatic hydroxyl groups is 1. The molecule has 0 saturated heterocycles. The lowest BCUT2D eigenvalue weighted by atomic mass is 10.1. The lowest BCUT2D eigenvalue weighted by Gasteiger charge is -2.14. The topological polar surface area (TPSA) is 69.6 Å². The number of phenolic OH excluding ortho intramolecular Hbond substituents is 1. The van der Waals surface area contributed by atoms with Crippen LogP contribution in [0.25, 0.3) is 0 Å². The minimum absolute atomic E-state index is 0.201. The van der Waals surface area contributed by atoms with Crippen molar-refractivity contribution in [3.63, 3.8) is 0 Å². The zero-order chi connectivity index (χ0) is 12.3. The summed E-state index contributed by atoms with van der Waals surface area (Å²) in [7, 11) is 0. The predicted octanol–water partition coefficient (Wildman–Crippen LogP) is 1.39. The summed E-state index contributed by atoms with van der Waals surface area (Å²) in [6, 6.07) is 6.12. The number of hydrogen-bond donors (Lipinski definition) is 3. The van der Waals surface area contributed by atoms with Gasteiger partial charge in [-0.1, -0.05) is 12.1 Å². The highest BCUT2D eigenvalue weighted by Gasteiger charge is 2.24. The second kappa shape index (κ2) is 5.19. The second-order valence-corrected chi connectivity index (χ2v) is 4.61. The Morgan fingerprint density at radius 1 is 1.35 bits per heavy atom. The van der Waals surface area contributed by atoms with Gasteiger partial charge in [-0.3, -0.25) is 4.79 Å². The van der Waals surface area contributed by atoms with Crippen molar-refractivity contribution < 1.29 is 15.0 Å². The number of benzene rings is 1. The summed E-state index contributed by atoms with van der Waals surface area (Å²) >= 11 is 0. The molecule has 1 aliphatic rings. The maximum absolute atomic E-state index is 11.1. The Bertz CT molecular complexity index is 384. The molecule has 4 nitrogen and oxygen atoms in total. The van der Waals surface area contributed by atoms with E-state index in [1.807, 2.05) is 0 Å². The largest absolute Gasteiger partial charge is 0.508 e. The van der Waals surface area contributed by atoms with Gasteiger partial charge in [-0.15, -0.1) is 0 Å². The van der Waals surface area contributed by atoms with Crippen molar-refractivity contribution in [3.05, 3.63) is 29.8 Å². The molecule has 4 heteroatoms. The van der Waals surface area contributed by atoms with Crippen LogP contribution in [-0.4, -0.2) is 28.8 Å². The van der Waals surface area contributed by atoms with E-state index in [-0.39, 0.29) is 5.75 Å². The summed E-state index contributed by atoms with van der Waals surface area (Å²) in [5, 5.41) is 21.3. The van der Waals surface area contributed by atoms with Crippen molar-refractivity contribution in [1.82, 2.24) is 5.32 Å². The van der Waals surface area contributed by atoms with Gasteiger partial charge in [0, 0.05) is 0 Å². The highest BCUT2D eigenvalue weighted by Crippen LogP contribution is 2.27. The van der Waals surface area contributed by atoms with E-state index in [4.69, 9.17) is 10.2 Å². The normalized spacial score (nSPS) is 16.7. The lowest BCUT2D eigenvalue weighted by Crippen LogP contribution is -2.39. The summed E-state index contributed by atoms with van der Waals surface area (Å²) < 4.78 is 0. The number of phenols is 1. The molecule has 0 amide bonds. The number of hydrogen-bond acceptors (Lipinski definition) is 3. The second-order valence-electron chi connectivity index (χ2n) is 4.61. The lowest BCUT2D eigenvalue weighted by molar-refractivity contribution is -0.139. The molecule has 0 spiro atoms. The van der Waals surface area contributed by atoms with Crippen molar-refractivity contribution in [3.8, 4) is 5.75 Å².